The quantitative estimate of drug-likeness (QED) is 0.336. The smallest absolute Gasteiger partial charge is 0.138 e. The number of hydrazone groups is 1. The summed E-state index contributed by atoms with van der Waals surface area (Å²) in [4.78, 5) is 4.21. The van der Waals surface area contributed by atoms with E-state index in [0.29, 0.717) is 5.15 Å². The van der Waals surface area contributed by atoms with Gasteiger partial charge in [-0.2, -0.15) is 5.10 Å². The van der Waals surface area contributed by atoms with Gasteiger partial charge in [-0.1, -0.05) is 29.8 Å². The lowest BCUT2D eigenvalue weighted by molar-refractivity contribution is 1.26. The first-order valence-electron chi connectivity index (χ1n) is 4.10. The number of nitrogens with two attached hydrogens (primary N) is 1. The maximum absolute atomic E-state index is 5.92. The molecule has 3 nitrogen and oxygen atoms in total. The minimum atomic E-state index is 0.415. The van der Waals surface area contributed by atoms with Crippen molar-refractivity contribution in [1.29, 1.82) is 0 Å². The van der Waals surface area contributed by atoms with Gasteiger partial charge in [-0.3, -0.25) is 0 Å². The summed E-state index contributed by atoms with van der Waals surface area (Å²) >= 11 is 5.92. The van der Waals surface area contributed by atoms with Crippen LogP contribution in [0.1, 0.15) is 5.56 Å². The van der Waals surface area contributed by atoms with Crippen molar-refractivity contribution in [3.05, 3.63) is 41.0 Å². The summed E-state index contributed by atoms with van der Waals surface area (Å²) < 4.78 is 0. The zero-order valence-corrected chi connectivity index (χ0v) is 8.07. The summed E-state index contributed by atoms with van der Waals surface area (Å²) in [5, 5.41) is 4.86. The fourth-order valence-electron chi connectivity index (χ4n) is 1.28. The van der Waals surface area contributed by atoms with Gasteiger partial charge in [-0.15, -0.1) is 0 Å². The monoisotopic (exact) mass is 205 g/mol. The first kappa shape index (κ1) is 8.97. The van der Waals surface area contributed by atoms with Crippen LogP contribution in [0.15, 0.2) is 35.4 Å². The third-order valence-corrected chi connectivity index (χ3v) is 2.22. The molecular formula is C10H8ClN3. The van der Waals surface area contributed by atoms with Crippen LogP contribution in [-0.4, -0.2) is 11.2 Å². The van der Waals surface area contributed by atoms with E-state index in [9.17, 15) is 0 Å². The number of para-hydroxylation sites is 1. The molecule has 0 amide bonds. The Bertz CT molecular complexity index is 494. The summed E-state index contributed by atoms with van der Waals surface area (Å²) in [6.45, 7) is 0. The van der Waals surface area contributed by atoms with Crippen LogP contribution in [0.4, 0.5) is 0 Å². The van der Waals surface area contributed by atoms with Gasteiger partial charge in [0.25, 0.3) is 0 Å². The number of halogens is 1. The standard InChI is InChI=1S/C10H8ClN3/c11-10-8(6-13-12)5-7-3-1-2-4-9(7)14-10/h1-6H,12H2. The lowest BCUT2D eigenvalue weighted by Crippen LogP contribution is -1.91. The van der Waals surface area contributed by atoms with Gasteiger partial charge in [0.05, 0.1) is 11.7 Å². The lowest BCUT2D eigenvalue weighted by Gasteiger charge is -2.00. The number of fused-ring (bicyclic) bond motifs is 1. The van der Waals surface area contributed by atoms with E-state index in [1.165, 1.54) is 6.21 Å². The van der Waals surface area contributed by atoms with Crippen molar-refractivity contribution >= 4 is 28.7 Å². The first-order valence-corrected chi connectivity index (χ1v) is 4.47. The van der Waals surface area contributed by atoms with Gasteiger partial charge in [-0.05, 0) is 12.1 Å². The van der Waals surface area contributed by atoms with Gasteiger partial charge in [0, 0.05) is 10.9 Å². The Morgan fingerprint density at radius 1 is 1.36 bits per heavy atom. The second kappa shape index (κ2) is 3.64. The molecule has 1 heterocycles. The van der Waals surface area contributed by atoms with Crippen molar-refractivity contribution in [3.8, 4) is 0 Å². The molecule has 4 heteroatoms. The zero-order valence-electron chi connectivity index (χ0n) is 7.31. The van der Waals surface area contributed by atoms with Crippen LogP contribution >= 0.6 is 11.6 Å². The molecule has 70 valence electrons. The Labute approximate surface area is 86.2 Å². The Kier molecular flexibility index (Phi) is 2.33. The molecule has 0 fully saturated rings. The topological polar surface area (TPSA) is 51.3 Å². The fourth-order valence-corrected chi connectivity index (χ4v) is 1.47. The molecule has 0 spiro atoms. The number of benzene rings is 1. The van der Waals surface area contributed by atoms with Crippen LogP contribution in [0.3, 0.4) is 0 Å². The largest absolute Gasteiger partial charge is 0.323 e. The molecule has 0 aliphatic heterocycles. The van der Waals surface area contributed by atoms with Gasteiger partial charge < -0.3 is 5.84 Å². The molecule has 0 aliphatic carbocycles. The molecule has 2 aromatic rings. The summed E-state index contributed by atoms with van der Waals surface area (Å²) in [6, 6.07) is 9.64. The van der Waals surface area contributed by atoms with Gasteiger partial charge in [0.15, 0.2) is 0 Å². The van der Waals surface area contributed by atoms with E-state index < -0.39 is 0 Å². The molecule has 1 aromatic carbocycles. The molecule has 0 bridgehead atoms. The van der Waals surface area contributed by atoms with Gasteiger partial charge in [0.2, 0.25) is 0 Å². The molecule has 0 unspecified atom stereocenters. The van der Waals surface area contributed by atoms with Crippen molar-refractivity contribution < 1.29 is 0 Å². The molecule has 0 radical (unpaired) electrons. The molecular weight excluding hydrogens is 198 g/mol. The number of pyridine rings is 1. The van der Waals surface area contributed by atoms with Gasteiger partial charge >= 0.3 is 0 Å². The SMILES string of the molecule is NN=Cc1cc2ccccc2nc1Cl. The highest BCUT2D eigenvalue weighted by Crippen LogP contribution is 2.18. The average Bonchev–Trinajstić information content (AvgIpc) is 2.19. The highest BCUT2D eigenvalue weighted by molar-refractivity contribution is 6.32. The highest BCUT2D eigenvalue weighted by atomic mass is 35.5. The lowest BCUT2D eigenvalue weighted by atomic mass is 10.2. The van der Waals surface area contributed by atoms with Crippen LogP contribution in [-0.2, 0) is 0 Å². The van der Waals surface area contributed by atoms with Crippen LogP contribution in [0.2, 0.25) is 5.15 Å². The Hall–Kier alpha value is -1.61. The van der Waals surface area contributed by atoms with Crippen molar-refractivity contribution in [2.45, 2.75) is 0 Å². The number of hydrogen-bond acceptors (Lipinski definition) is 3. The third kappa shape index (κ3) is 1.54. The molecule has 0 aliphatic rings. The maximum atomic E-state index is 5.92. The van der Waals surface area contributed by atoms with E-state index >= 15 is 0 Å². The predicted molar refractivity (Wildman–Crippen MR) is 58.5 cm³/mol. The molecule has 0 atom stereocenters. The Balaban J connectivity index is 2.70. The third-order valence-electron chi connectivity index (χ3n) is 1.92. The Morgan fingerprint density at radius 3 is 2.93 bits per heavy atom. The number of hydrogen-bond donors (Lipinski definition) is 1. The molecule has 0 saturated heterocycles. The van der Waals surface area contributed by atoms with E-state index in [-0.39, 0.29) is 0 Å². The van der Waals surface area contributed by atoms with E-state index in [4.69, 9.17) is 17.4 Å². The van der Waals surface area contributed by atoms with Crippen LogP contribution in [0.25, 0.3) is 10.9 Å². The molecule has 2 N–H and O–H groups in total. The minimum Gasteiger partial charge on any atom is -0.323 e. The van der Waals surface area contributed by atoms with Crippen LogP contribution in [0, 0.1) is 0 Å². The summed E-state index contributed by atoms with van der Waals surface area (Å²) in [6.07, 6.45) is 1.49. The number of aromatic nitrogens is 1. The Morgan fingerprint density at radius 2 is 2.14 bits per heavy atom. The van der Waals surface area contributed by atoms with Crippen molar-refractivity contribution in [1.82, 2.24) is 4.98 Å². The first-order chi connectivity index (χ1) is 6.81. The fraction of sp³-hybridized carbons (Fsp3) is 0. The minimum absolute atomic E-state index is 0.415. The summed E-state index contributed by atoms with van der Waals surface area (Å²) in [5.74, 6) is 5.06. The molecule has 1 aromatic heterocycles. The van der Waals surface area contributed by atoms with Gasteiger partial charge in [-0.25, -0.2) is 4.98 Å². The summed E-state index contributed by atoms with van der Waals surface area (Å²) in [5.41, 5.74) is 1.60. The molecule has 2 rings (SSSR count). The van der Waals surface area contributed by atoms with Crippen molar-refractivity contribution in [3.63, 3.8) is 0 Å². The number of nitrogens with zero attached hydrogens (tertiary/aromatic N) is 2. The normalized spacial score (nSPS) is 11.2. The molecule has 0 saturated carbocycles. The van der Waals surface area contributed by atoms with E-state index in [1.54, 1.807) is 0 Å². The average molecular weight is 206 g/mol. The van der Waals surface area contributed by atoms with Gasteiger partial charge in [0.1, 0.15) is 5.15 Å². The van der Waals surface area contributed by atoms with Crippen molar-refractivity contribution in [2.75, 3.05) is 0 Å². The summed E-state index contributed by atoms with van der Waals surface area (Å²) in [7, 11) is 0. The second-order valence-corrected chi connectivity index (χ2v) is 3.20. The van der Waals surface area contributed by atoms with E-state index in [2.05, 4.69) is 10.1 Å². The number of rotatable bonds is 1. The second-order valence-electron chi connectivity index (χ2n) is 2.84. The maximum Gasteiger partial charge on any atom is 0.138 e. The zero-order chi connectivity index (χ0) is 9.97. The highest BCUT2D eigenvalue weighted by Gasteiger charge is 2.01. The predicted octanol–water partition coefficient (Wildman–Crippen LogP) is 2.18. The van der Waals surface area contributed by atoms with Crippen molar-refractivity contribution in [2.24, 2.45) is 10.9 Å². The van der Waals surface area contributed by atoms with Crippen LogP contribution in [0.5, 0.6) is 0 Å². The van der Waals surface area contributed by atoms with E-state index in [1.807, 2.05) is 30.3 Å². The molecule has 14 heavy (non-hydrogen) atoms. The van der Waals surface area contributed by atoms with Crippen LogP contribution < -0.4 is 5.84 Å². The van der Waals surface area contributed by atoms with E-state index in [0.717, 1.165) is 16.5 Å².